The third kappa shape index (κ3) is 3.87. The van der Waals surface area contributed by atoms with Crippen molar-refractivity contribution in [2.75, 3.05) is 39.8 Å². The van der Waals surface area contributed by atoms with Gasteiger partial charge in [-0.3, -0.25) is 14.7 Å². The van der Waals surface area contributed by atoms with Gasteiger partial charge >= 0.3 is 0 Å². The second-order valence-electron chi connectivity index (χ2n) is 6.37. The van der Waals surface area contributed by atoms with E-state index >= 15 is 0 Å². The highest BCUT2D eigenvalue weighted by Gasteiger charge is 2.34. The van der Waals surface area contributed by atoms with Crippen molar-refractivity contribution in [1.82, 2.24) is 20.4 Å². The second-order valence-corrected chi connectivity index (χ2v) is 6.37. The molecule has 1 saturated carbocycles. The van der Waals surface area contributed by atoms with Crippen LogP contribution in [0.5, 0.6) is 0 Å². The van der Waals surface area contributed by atoms with E-state index < -0.39 is 0 Å². The summed E-state index contributed by atoms with van der Waals surface area (Å²) in [5.41, 5.74) is 0. The van der Waals surface area contributed by atoms with Crippen LogP contribution in [0, 0.1) is 0 Å². The number of likely N-dealkylation sites (tertiary alicyclic amines) is 2. The van der Waals surface area contributed by atoms with E-state index in [0.29, 0.717) is 12.6 Å². The predicted octanol–water partition coefficient (Wildman–Crippen LogP) is 0.0105. The largest absolute Gasteiger partial charge is 0.352 e. The minimum Gasteiger partial charge on any atom is -0.352 e. The summed E-state index contributed by atoms with van der Waals surface area (Å²) >= 11 is 0. The summed E-state index contributed by atoms with van der Waals surface area (Å²) in [4.78, 5) is 20.8. The van der Waals surface area contributed by atoms with Gasteiger partial charge in [-0.1, -0.05) is 0 Å². The summed E-state index contributed by atoms with van der Waals surface area (Å²) < 4.78 is 0. The predicted molar refractivity (Wildman–Crippen MR) is 83.3 cm³/mol. The molecule has 6 nitrogen and oxygen atoms in total. The van der Waals surface area contributed by atoms with Crippen molar-refractivity contribution in [3.8, 4) is 0 Å². The number of carbonyl (C=O) groups is 1. The first kappa shape index (κ1) is 14.6. The number of rotatable bonds is 4. The molecule has 1 unspecified atom stereocenters. The number of carbonyl (C=O) groups excluding carboxylic acids is 1. The fraction of sp³-hybridized carbons (Fsp3) is 0.867. The molecule has 3 aliphatic rings. The third-order valence-corrected chi connectivity index (χ3v) is 4.71. The van der Waals surface area contributed by atoms with E-state index in [9.17, 15) is 4.79 Å². The molecule has 3 fully saturated rings. The fourth-order valence-corrected chi connectivity index (χ4v) is 3.30. The van der Waals surface area contributed by atoms with Crippen LogP contribution < -0.4 is 10.6 Å². The number of hydrogen-bond donors (Lipinski definition) is 2. The normalized spacial score (nSPS) is 27.2. The van der Waals surface area contributed by atoms with Crippen molar-refractivity contribution in [1.29, 1.82) is 0 Å². The standard InChI is InChI=1S/C15H27N5O/c1-16-15(17-10-14(21)19-7-2-3-8-19)18-12-6-9-20(11-12)13-4-5-13/h12-13H,2-11H2,1H3,(H2,16,17,18). The molecule has 1 atom stereocenters. The van der Waals surface area contributed by atoms with Gasteiger partial charge in [0.2, 0.25) is 5.91 Å². The highest BCUT2D eigenvalue weighted by Crippen LogP contribution is 2.29. The van der Waals surface area contributed by atoms with Crippen LogP contribution in [0.2, 0.25) is 0 Å². The molecule has 0 aromatic carbocycles. The number of nitrogens with zero attached hydrogens (tertiary/aromatic N) is 3. The lowest BCUT2D eigenvalue weighted by atomic mass is 10.3. The Labute approximate surface area is 127 Å². The first-order chi connectivity index (χ1) is 10.3. The summed E-state index contributed by atoms with van der Waals surface area (Å²) in [6.07, 6.45) is 6.17. The molecule has 1 amide bonds. The van der Waals surface area contributed by atoms with Gasteiger partial charge in [0, 0.05) is 45.3 Å². The number of aliphatic imine (C=N–C) groups is 1. The van der Waals surface area contributed by atoms with Gasteiger partial charge in [0.05, 0.1) is 6.54 Å². The Kier molecular flexibility index (Phi) is 4.63. The molecule has 0 aromatic rings. The molecule has 3 rings (SSSR count). The van der Waals surface area contributed by atoms with E-state index in [-0.39, 0.29) is 5.91 Å². The molecule has 0 aromatic heterocycles. The minimum absolute atomic E-state index is 0.182. The quantitative estimate of drug-likeness (QED) is 0.566. The van der Waals surface area contributed by atoms with E-state index in [1.165, 1.54) is 19.4 Å². The maximum Gasteiger partial charge on any atom is 0.241 e. The molecule has 2 N–H and O–H groups in total. The van der Waals surface area contributed by atoms with Crippen molar-refractivity contribution in [3.05, 3.63) is 0 Å². The number of amides is 1. The number of nitrogens with one attached hydrogen (secondary N) is 2. The van der Waals surface area contributed by atoms with Gasteiger partial charge in [0.1, 0.15) is 0 Å². The monoisotopic (exact) mass is 293 g/mol. The lowest BCUT2D eigenvalue weighted by molar-refractivity contribution is -0.128. The summed E-state index contributed by atoms with van der Waals surface area (Å²) in [6.45, 7) is 4.45. The molecule has 2 heterocycles. The summed E-state index contributed by atoms with van der Waals surface area (Å²) in [6, 6.07) is 1.29. The van der Waals surface area contributed by atoms with Crippen LogP contribution in [0.25, 0.3) is 0 Å². The smallest absolute Gasteiger partial charge is 0.241 e. The van der Waals surface area contributed by atoms with Gasteiger partial charge in [0.15, 0.2) is 5.96 Å². The zero-order chi connectivity index (χ0) is 14.7. The Hall–Kier alpha value is -1.30. The van der Waals surface area contributed by atoms with E-state index in [4.69, 9.17) is 0 Å². The average molecular weight is 293 g/mol. The Morgan fingerprint density at radius 1 is 1.19 bits per heavy atom. The Balaban J connectivity index is 1.39. The molecular formula is C15H27N5O. The zero-order valence-corrected chi connectivity index (χ0v) is 13.0. The van der Waals surface area contributed by atoms with Crippen LogP contribution in [0.1, 0.15) is 32.1 Å². The maximum atomic E-state index is 12.0. The molecule has 118 valence electrons. The van der Waals surface area contributed by atoms with Crippen molar-refractivity contribution < 1.29 is 4.79 Å². The molecular weight excluding hydrogens is 266 g/mol. The lowest BCUT2D eigenvalue weighted by Gasteiger charge is -2.20. The average Bonchev–Trinajstić information content (AvgIpc) is 3.03. The summed E-state index contributed by atoms with van der Waals surface area (Å²) in [5, 5.41) is 6.61. The van der Waals surface area contributed by atoms with Crippen LogP contribution in [0.4, 0.5) is 0 Å². The van der Waals surface area contributed by atoms with Gasteiger partial charge in [-0.2, -0.15) is 0 Å². The Morgan fingerprint density at radius 2 is 1.95 bits per heavy atom. The summed E-state index contributed by atoms with van der Waals surface area (Å²) in [7, 11) is 1.77. The Morgan fingerprint density at radius 3 is 2.62 bits per heavy atom. The van der Waals surface area contributed by atoms with Gasteiger partial charge < -0.3 is 15.5 Å². The fourth-order valence-electron chi connectivity index (χ4n) is 3.30. The van der Waals surface area contributed by atoms with Crippen molar-refractivity contribution in [3.63, 3.8) is 0 Å². The first-order valence-electron chi connectivity index (χ1n) is 8.25. The van der Waals surface area contributed by atoms with Gasteiger partial charge in [-0.15, -0.1) is 0 Å². The van der Waals surface area contributed by atoms with E-state index in [1.807, 2.05) is 4.90 Å². The van der Waals surface area contributed by atoms with Crippen LogP contribution in [-0.2, 0) is 4.79 Å². The van der Waals surface area contributed by atoms with Crippen LogP contribution in [-0.4, -0.2) is 73.5 Å². The third-order valence-electron chi connectivity index (χ3n) is 4.71. The topological polar surface area (TPSA) is 60.0 Å². The molecule has 6 heteroatoms. The van der Waals surface area contributed by atoms with Gasteiger partial charge in [0.25, 0.3) is 0 Å². The molecule has 0 spiro atoms. The highest BCUT2D eigenvalue weighted by molar-refractivity contribution is 5.86. The van der Waals surface area contributed by atoms with Crippen molar-refractivity contribution >= 4 is 11.9 Å². The molecule has 2 aliphatic heterocycles. The maximum absolute atomic E-state index is 12.0. The second kappa shape index (κ2) is 6.64. The van der Waals surface area contributed by atoms with Gasteiger partial charge in [-0.25, -0.2) is 0 Å². The van der Waals surface area contributed by atoms with Gasteiger partial charge in [-0.05, 0) is 32.1 Å². The summed E-state index contributed by atoms with van der Waals surface area (Å²) in [5.74, 6) is 0.937. The number of guanidine groups is 1. The lowest BCUT2D eigenvalue weighted by Crippen LogP contribution is -2.48. The zero-order valence-electron chi connectivity index (χ0n) is 13.0. The van der Waals surface area contributed by atoms with Crippen LogP contribution in [0.15, 0.2) is 4.99 Å². The molecule has 0 bridgehead atoms. The molecule has 0 radical (unpaired) electrons. The van der Waals surface area contributed by atoms with E-state index in [0.717, 1.165) is 50.9 Å². The van der Waals surface area contributed by atoms with Crippen LogP contribution >= 0.6 is 0 Å². The van der Waals surface area contributed by atoms with Crippen molar-refractivity contribution in [2.45, 2.75) is 44.2 Å². The molecule has 1 aliphatic carbocycles. The molecule has 2 saturated heterocycles. The Bertz CT molecular complexity index is 401. The van der Waals surface area contributed by atoms with E-state index in [1.54, 1.807) is 7.05 Å². The van der Waals surface area contributed by atoms with E-state index in [2.05, 4.69) is 20.5 Å². The molecule has 21 heavy (non-hydrogen) atoms. The minimum atomic E-state index is 0.182. The van der Waals surface area contributed by atoms with Crippen molar-refractivity contribution in [2.24, 2.45) is 4.99 Å². The first-order valence-corrected chi connectivity index (χ1v) is 8.25. The van der Waals surface area contributed by atoms with Crippen LogP contribution in [0.3, 0.4) is 0 Å². The number of hydrogen-bond acceptors (Lipinski definition) is 3. The SMILES string of the molecule is CN=C(NCC(=O)N1CCCC1)NC1CCN(C2CC2)C1. The highest BCUT2D eigenvalue weighted by atomic mass is 16.2.